The number of hydrogen-bond donors (Lipinski definition) is 1. The highest BCUT2D eigenvalue weighted by Crippen LogP contribution is 2.24. The second kappa shape index (κ2) is 11.0. The normalized spacial score (nSPS) is 17.1. The Kier molecular flexibility index (Phi) is 8.96. The number of hydrogen-bond acceptors (Lipinski definition) is 3. The lowest BCUT2D eigenvalue weighted by atomic mass is 9.99. The molecule has 0 aliphatic carbocycles. The summed E-state index contributed by atoms with van der Waals surface area (Å²) < 4.78 is 27.9. The van der Waals surface area contributed by atoms with E-state index in [9.17, 15) is 13.2 Å². The predicted molar refractivity (Wildman–Crippen MR) is 114 cm³/mol. The number of nitrogens with one attached hydrogen (secondary N) is 1. The molecule has 0 saturated carbocycles. The van der Waals surface area contributed by atoms with Crippen molar-refractivity contribution >= 4 is 15.9 Å². The van der Waals surface area contributed by atoms with Gasteiger partial charge >= 0.3 is 0 Å². The molecule has 1 atom stereocenters. The number of carbonyl (C=O) groups is 1. The molecule has 0 radical (unpaired) electrons. The second-order valence-electron chi connectivity index (χ2n) is 7.93. The first-order chi connectivity index (χ1) is 13.4. The third-order valence-corrected chi connectivity index (χ3v) is 7.77. The maximum absolute atomic E-state index is 13.2. The molecule has 1 fully saturated rings. The third kappa shape index (κ3) is 6.05. The molecule has 1 aliphatic rings. The van der Waals surface area contributed by atoms with Crippen LogP contribution >= 0.6 is 0 Å². The fourth-order valence-electron chi connectivity index (χ4n) is 3.72. The molecule has 6 heteroatoms. The van der Waals surface area contributed by atoms with E-state index in [1.165, 1.54) is 0 Å². The average molecular weight is 409 g/mol. The van der Waals surface area contributed by atoms with Crippen molar-refractivity contribution in [3.8, 4) is 0 Å². The van der Waals surface area contributed by atoms with Crippen LogP contribution in [0.2, 0.25) is 0 Å². The van der Waals surface area contributed by atoms with E-state index in [4.69, 9.17) is 0 Å². The van der Waals surface area contributed by atoms with Crippen molar-refractivity contribution in [1.82, 2.24) is 9.62 Å². The molecule has 158 valence electrons. The fourth-order valence-corrected chi connectivity index (χ4v) is 5.49. The maximum atomic E-state index is 13.2. The van der Waals surface area contributed by atoms with Gasteiger partial charge in [0.15, 0.2) is 0 Å². The average Bonchev–Trinajstić information content (AvgIpc) is 2.98. The third-order valence-electron chi connectivity index (χ3n) is 5.73. The standard InChI is InChI=1S/C22H36N2O3S/c1-4-6-11-19(5-2)17-23-22(25)20-13-12-18(3)21(16-20)28(26,27)24-14-9-7-8-10-15-24/h12-13,16,19H,4-11,14-15,17H2,1-3H3,(H,23,25). The molecular weight excluding hydrogens is 372 g/mol. The first-order valence-electron chi connectivity index (χ1n) is 10.8. The number of carbonyl (C=O) groups excluding carboxylic acids is 1. The summed E-state index contributed by atoms with van der Waals surface area (Å²) in [6.45, 7) is 7.87. The molecule has 0 bridgehead atoms. The van der Waals surface area contributed by atoms with Crippen LogP contribution in [-0.4, -0.2) is 38.3 Å². The van der Waals surface area contributed by atoms with Crippen LogP contribution in [0.4, 0.5) is 0 Å². The van der Waals surface area contributed by atoms with Crippen molar-refractivity contribution in [2.45, 2.75) is 77.0 Å². The minimum Gasteiger partial charge on any atom is -0.352 e. The second-order valence-corrected chi connectivity index (χ2v) is 9.83. The van der Waals surface area contributed by atoms with Gasteiger partial charge in [-0.25, -0.2) is 8.42 Å². The van der Waals surface area contributed by atoms with Crippen molar-refractivity contribution in [3.63, 3.8) is 0 Å². The smallest absolute Gasteiger partial charge is 0.251 e. The van der Waals surface area contributed by atoms with Crippen molar-refractivity contribution in [3.05, 3.63) is 29.3 Å². The van der Waals surface area contributed by atoms with Crippen LogP contribution in [0.3, 0.4) is 0 Å². The van der Waals surface area contributed by atoms with E-state index in [2.05, 4.69) is 19.2 Å². The van der Waals surface area contributed by atoms with E-state index in [1.807, 2.05) is 0 Å². The van der Waals surface area contributed by atoms with Gasteiger partial charge in [0, 0.05) is 25.2 Å². The summed E-state index contributed by atoms with van der Waals surface area (Å²) in [6.07, 6.45) is 8.40. The van der Waals surface area contributed by atoms with Gasteiger partial charge in [0.2, 0.25) is 10.0 Å². The Balaban J connectivity index is 2.14. The first-order valence-corrected chi connectivity index (χ1v) is 12.2. The van der Waals surface area contributed by atoms with Gasteiger partial charge < -0.3 is 5.32 Å². The molecule has 28 heavy (non-hydrogen) atoms. The minimum absolute atomic E-state index is 0.192. The number of sulfonamides is 1. The lowest BCUT2D eigenvalue weighted by Crippen LogP contribution is -2.33. The quantitative estimate of drug-likeness (QED) is 0.654. The molecule has 1 aromatic rings. The summed E-state index contributed by atoms with van der Waals surface area (Å²) in [4.78, 5) is 12.9. The van der Waals surface area contributed by atoms with Gasteiger partial charge in [-0.15, -0.1) is 0 Å². The Morgan fingerprint density at radius 1 is 1.14 bits per heavy atom. The molecular formula is C22H36N2O3S. The number of rotatable bonds is 9. The van der Waals surface area contributed by atoms with Crippen LogP contribution in [0.5, 0.6) is 0 Å². The molecule has 1 aromatic carbocycles. The Hall–Kier alpha value is -1.40. The molecule has 2 rings (SSSR count). The van der Waals surface area contributed by atoms with Gasteiger partial charge in [0.1, 0.15) is 0 Å². The van der Waals surface area contributed by atoms with Crippen LogP contribution in [0.15, 0.2) is 23.1 Å². The summed E-state index contributed by atoms with van der Waals surface area (Å²) in [5, 5.41) is 3.00. The number of aryl methyl sites for hydroxylation is 1. The van der Waals surface area contributed by atoms with Gasteiger partial charge in [-0.2, -0.15) is 4.31 Å². The fraction of sp³-hybridized carbons (Fsp3) is 0.682. The van der Waals surface area contributed by atoms with Crippen LogP contribution < -0.4 is 5.32 Å². The van der Waals surface area contributed by atoms with Gasteiger partial charge in [0.05, 0.1) is 4.90 Å². The highest BCUT2D eigenvalue weighted by Gasteiger charge is 2.27. The Bertz CT molecular complexity index is 738. The monoisotopic (exact) mass is 408 g/mol. The lowest BCUT2D eigenvalue weighted by molar-refractivity contribution is 0.0945. The molecule has 0 spiro atoms. The molecule has 1 N–H and O–H groups in total. The van der Waals surface area contributed by atoms with Crippen LogP contribution in [-0.2, 0) is 10.0 Å². The molecule has 1 unspecified atom stereocenters. The number of unbranched alkanes of at least 4 members (excludes halogenated alkanes) is 1. The Morgan fingerprint density at radius 2 is 1.82 bits per heavy atom. The highest BCUT2D eigenvalue weighted by atomic mass is 32.2. The SMILES string of the molecule is CCCCC(CC)CNC(=O)c1ccc(C)c(S(=O)(=O)N2CCCCCC2)c1. The molecule has 1 heterocycles. The molecule has 1 amide bonds. The van der Waals surface area contributed by atoms with E-state index in [-0.39, 0.29) is 10.8 Å². The zero-order valence-corrected chi connectivity index (χ0v) is 18.5. The van der Waals surface area contributed by atoms with Gasteiger partial charge in [-0.3, -0.25) is 4.79 Å². The Morgan fingerprint density at radius 3 is 2.43 bits per heavy atom. The van der Waals surface area contributed by atoms with Gasteiger partial charge in [-0.1, -0.05) is 52.0 Å². The van der Waals surface area contributed by atoms with Crippen molar-refractivity contribution in [2.75, 3.05) is 19.6 Å². The number of benzene rings is 1. The van der Waals surface area contributed by atoms with E-state index in [1.54, 1.807) is 29.4 Å². The van der Waals surface area contributed by atoms with E-state index in [0.29, 0.717) is 36.7 Å². The summed E-state index contributed by atoms with van der Waals surface area (Å²) in [5.74, 6) is 0.275. The van der Waals surface area contributed by atoms with Gasteiger partial charge in [0.25, 0.3) is 5.91 Å². The molecule has 1 aliphatic heterocycles. The van der Waals surface area contributed by atoms with E-state index >= 15 is 0 Å². The lowest BCUT2D eigenvalue weighted by Gasteiger charge is -2.21. The van der Waals surface area contributed by atoms with Crippen LogP contribution in [0.25, 0.3) is 0 Å². The molecule has 5 nitrogen and oxygen atoms in total. The number of amides is 1. The number of nitrogens with zero attached hydrogens (tertiary/aromatic N) is 1. The summed E-state index contributed by atoms with van der Waals surface area (Å²) in [7, 11) is -3.57. The predicted octanol–water partition coefficient (Wildman–Crippen LogP) is 4.51. The zero-order chi connectivity index (χ0) is 20.6. The van der Waals surface area contributed by atoms with Gasteiger partial charge in [-0.05, 0) is 49.8 Å². The topological polar surface area (TPSA) is 66.5 Å². The Labute approximate surface area is 170 Å². The van der Waals surface area contributed by atoms with Crippen molar-refractivity contribution in [2.24, 2.45) is 5.92 Å². The van der Waals surface area contributed by atoms with E-state index in [0.717, 1.165) is 51.4 Å². The van der Waals surface area contributed by atoms with Crippen LogP contribution in [0, 0.1) is 12.8 Å². The highest BCUT2D eigenvalue weighted by molar-refractivity contribution is 7.89. The minimum atomic E-state index is -3.57. The largest absolute Gasteiger partial charge is 0.352 e. The van der Waals surface area contributed by atoms with Crippen molar-refractivity contribution < 1.29 is 13.2 Å². The first kappa shape index (κ1) is 22.9. The maximum Gasteiger partial charge on any atom is 0.251 e. The molecule has 0 aromatic heterocycles. The molecule has 1 saturated heterocycles. The summed E-state index contributed by atoms with van der Waals surface area (Å²) in [6, 6.07) is 5.02. The zero-order valence-electron chi connectivity index (χ0n) is 17.7. The summed E-state index contributed by atoms with van der Waals surface area (Å²) >= 11 is 0. The summed E-state index contributed by atoms with van der Waals surface area (Å²) in [5.41, 5.74) is 1.11. The van der Waals surface area contributed by atoms with Crippen molar-refractivity contribution in [1.29, 1.82) is 0 Å². The van der Waals surface area contributed by atoms with Crippen LogP contribution in [0.1, 0.15) is 81.1 Å². The van der Waals surface area contributed by atoms with E-state index < -0.39 is 10.0 Å².